The zero-order valence-electron chi connectivity index (χ0n) is 14.1. The van der Waals surface area contributed by atoms with E-state index in [1.54, 1.807) is 23.5 Å². The first-order valence-electron chi connectivity index (χ1n) is 8.33. The highest BCUT2D eigenvalue weighted by Crippen LogP contribution is 2.23. The van der Waals surface area contributed by atoms with Crippen LogP contribution in [0.15, 0.2) is 42.9 Å². The monoisotopic (exact) mass is 339 g/mol. The van der Waals surface area contributed by atoms with Gasteiger partial charge in [0.15, 0.2) is 0 Å². The Morgan fingerprint density at radius 1 is 1.28 bits per heavy atom. The maximum absolute atomic E-state index is 12.0. The molecule has 130 valence electrons. The smallest absolute Gasteiger partial charge is 0.315 e. The third-order valence-electron chi connectivity index (χ3n) is 4.17. The minimum absolute atomic E-state index is 0.148. The van der Waals surface area contributed by atoms with E-state index in [0.29, 0.717) is 18.7 Å². The lowest BCUT2D eigenvalue weighted by Crippen LogP contribution is -2.36. The minimum atomic E-state index is -0.267. The van der Waals surface area contributed by atoms with Crippen LogP contribution in [-0.4, -0.2) is 28.5 Å². The fourth-order valence-corrected chi connectivity index (χ4v) is 2.79. The summed E-state index contributed by atoms with van der Waals surface area (Å²) >= 11 is 0. The number of urea groups is 1. The summed E-state index contributed by atoms with van der Waals surface area (Å²) in [6.45, 7) is 3.01. The number of anilines is 1. The van der Waals surface area contributed by atoms with Gasteiger partial charge in [0.1, 0.15) is 0 Å². The molecule has 25 heavy (non-hydrogen) atoms. The number of carbonyl (C=O) groups excluding carboxylic acids is 2. The zero-order chi connectivity index (χ0) is 17.6. The Morgan fingerprint density at radius 2 is 2.08 bits per heavy atom. The van der Waals surface area contributed by atoms with Crippen molar-refractivity contribution in [2.75, 3.05) is 11.4 Å². The molecule has 1 aromatic carbocycles. The molecule has 2 N–H and O–H groups in total. The van der Waals surface area contributed by atoms with Crippen LogP contribution in [0.4, 0.5) is 10.5 Å². The maximum atomic E-state index is 12.0. The highest BCUT2D eigenvalue weighted by Gasteiger charge is 2.21. The summed E-state index contributed by atoms with van der Waals surface area (Å²) in [4.78, 5) is 33.6. The minimum Gasteiger partial charge on any atom is -0.332 e. The Morgan fingerprint density at radius 3 is 2.72 bits per heavy atom. The van der Waals surface area contributed by atoms with Crippen LogP contribution in [0.25, 0.3) is 0 Å². The highest BCUT2D eigenvalue weighted by atomic mass is 16.2. The molecule has 0 saturated carbocycles. The number of hydrogen-bond acceptors (Lipinski definition) is 4. The number of rotatable bonds is 5. The van der Waals surface area contributed by atoms with E-state index in [4.69, 9.17) is 0 Å². The molecule has 1 fully saturated rings. The average molecular weight is 339 g/mol. The predicted molar refractivity (Wildman–Crippen MR) is 93.8 cm³/mol. The fourth-order valence-electron chi connectivity index (χ4n) is 2.79. The van der Waals surface area contributed by atoms with Crippen molar-refractivity contribution in [3.8, 4) is 0 Å². The molecule has 7 heteroatoms. The molecule has 3 rings (SSSR count). The normalized spacial score (nSPS) is 15.1. The Labute approximate surface area is 146 Å². The van der Waals surface area contributed by atoms with E-state index in [9.17, 15) is 9.59 Å². The van der Waals surface area contributed by atoms with Gasteiger partial charge >= 0.3 is 6.03 Å². The van der Waals surface area contributed by atoms with Gasteiger partial charge in [-0.1, -0.05) is 12.1 Å². The quantitative estimate of drug-likeness (QED) is 0.874. The maximum Gasteiger partial charge on any atom is 0.315 e. The molecule has 0 radical (unpaired) electrons. The van der Waals surface area contributed by atoms with E-state index < -0.39 is 0 Å². The molecule has 1 aliphatic rings. The molecule has 7 nitrogen and oxygen atoms in total. The van der Waals surface area contributed by atoms with E-state index in [1.165, 1.54) is 0 Å². The van der Waals surface area contributed by atoms with Crippen LogP contribution in [0.1, 0.15) is 37.1 Å². The average Bonchev–Trinajstić information content (AvgIpc) is 3.07. The number of benzene rings is 1. The molecule has 2 heterocycles. The SMILES string of the molecule is CC(NC(=O)NCc1cnccn1)c1ccc(N2CCCC2=O)cc1. The second kappa shape index (κ2) is 7.74. The van der Waals surface area contributed by atoms with Gasteiger partial charge in [-0.3, -0.25) is 14.8 Å². The Hall–Kier alpha value is -2.96. The molecule has 0 bridgehead atoms. The number of aromatic nitrogens is 2. The predicted octanol–water partition coefficient (Wildman–Crippen LogP) is 2.16. The Bertz CT molecular complexity index is 733. The lowest BCUT2D eigenvalue weighted by Gasteiger charge is -2.18. The first kappa shape index (κ1) is 16.9. The fraction of sp³-hybridized carbons (Fsp3) is 0.333. The van der Waals surface area contributed by atoms with Crippen molar-refractivity contribution in [1.29, 1.82) is 0 Å². The van der Waals surface area contributed by atoms with Crippen LogP contribution in [0.2, 0.25) is 0 Å². The Kier molecular flexibility index (Phi) is 5.23. The van der Waals surface area contributed by atoms with Gasteiger partial charge in [-0.2, -0.15) is 0 Å². The van der Waals surface area contributed by atoms with Crippen LogP contribution in [0, 0.1) is 0 Å². The van der Waals surface area contributed by atoms with Crippen molar-refractivity contribution in [3.63, 3.8) is 0 Å². The van der Waals surface area contributed by atoms with Crippen LogP contribution < -0.4 is 15.5 Å². The van der Waals surface area contributed by atoms with E-state index in [2.05, 4.69) is 20.6 Å². The number of nitrogens with one attached hydrogen (secondary N) is 2. The third-order valence-corrected chi connectivity index (χ3v) is 4.17. The Balaban J connectivity index is 1.53. The second-order valence-electron chi connectivity index (χ2n) is 5.99. The first-order valence-corrected chi connectivity index (χ1v) is 8.33. The van der Waals surface area contributed by atoms with Gasteiger partial charge in [-0.25, -0.2) is 4.79 Å². The van der Waals surface area contributed by atoms with Gasteiger partial charge in [-0.05, 0) is 31.0 Å². The molecular weight excluding hydrogens is 318 g/mol. The summed E-state index contributed by atoms with van der Waals surface area (Å²) < 4.78 is 0. The second-order valence-corrected chi connectivity index (χ2v) is 5.99. The molecular formula is C18H21N5O2. The van der Waals surface area contributed by atoms with Crippen molar-refractivity contribution in [2.45, 2.75) is 32.4 Å². The molecule has 1 aromatic heterocycles. The molecule has 0 spiro atoms. The largest absolute Gasteiger partial charge is 0.332 e. The van der Waals surface area contributed by atoms with E-state index in [-0.39, 0.29) is 18.0 Å². The van der Waals surface area contributed by atoms with Gasteiger partial charge in [0.25, 0.3) is 0 Å². The van der Waals surface area contributed by atoms with Gasteiger partial charge in [-0.15, -0.1) is 0 Å². The standard InChI is InChI=1S/C18H21N5O2/c1-13(22-18(25)21-12-15-11-19-8-9-20-15)14-4-6-16(7-5-14)23-10-2-3-17(23)24/h4-9,11,13H,2-3,10,12H2,1H3,(H2,21,22,25). The number of nitrogens with zero attached hydrogens (tertiary/aromatic N) is 3. The zero-order valence-corrected chi connectivity index (χ0v) is 14.1. The summed E-state index contributed by atoms with van der Waals surface area (Å²) in [6.07, 6.45) is 6.31. The lowest BCUT2D eigenvalue weighted by atomic mass is 10.1. The number of amides is 3. The summed E-state index contributed by atoms with van der Waals surface area (Å²) in [6, 6.07) is 7.31. The third kappa shape index (κ3) is 4.32. The van der Waals surface area contributed by atoms with Gasteiger partial charge < -0.3 is 15.5 Å². The van der Waals surface area contributed by atoms with Crippen molar-refractivity contribution < 1.29 is 9.59 Å². The van der Waals surface area contributed by atoms with Gasteiger partial charge in [0.05, 0.1) is 24.5 Å². The highest BCUT2D eigenvalue weighted by molar-refractivity contribution is 5.95. The van der Waals surface area contributed by atoms with Crippen molar-refractivity contribution >= 4 is 17.6 Å². The molecule has 1 saturated heterocycles. The van der Waals surface area contributed by atoms with E-state index in [1.807, 2.05) is 31.2 Å². The molecule has 1 atom stereocenters. The summed E-state index contributed by atoms with van der Waals surface area (Å²) in [7, 11) is 0. The molecule has 1 unspecified atom stereocenters. The lowest BCUT2D eigenvalue weighted by molar-refractivity contribution is -0.117. The summed E-state index contributed by atoms with van der Waals surface area (Å²) in [5.41, 5.74) is 2.58. The van der Waals surface area contributed by atoms with Gasteiger partial charge in [0.2, 0.25) is 5.91 Å². The van der Waals surface area contributed by atoms with E-state index >= 15 is 0 Å². The van der Waals surface area contributed by atoms with Crippen LogP contribution >= 0.6 is 0 Å². The van der Waals surface area contributed by atoms with Gasteiger partial charge in [0, 0.05) is 31.0 Å². The van der Waals surface area contributed by atoms with Crippen LogP contribution in [0.3, 0.4) is 0 Å². The van der Waals surface area contributed by atoms with Crippen molar-refractivity contribution in [3.05, 3.63) is 54.1 Å². The topological polar surface area (TPSA) is 87.2 Å². The molecule has 0 aliphatic carbocycles. The van der Waals surface area contributed by atoms with E-state index in [0.717, 1.165) is 24.2 Å². The number of hydrogen-bond donors (Lipinski definition) is 2. The van der Waals surface area contributed by atoms with Crippen LogP contribution in [0.5, 0.6) is 0 Å². The summed E-state index contributed by atoms with van der Waals surface area (Å²) in [5.74, 6) is 0.169. The van der Waals surface area contributed by atoms with Crippen LogP contribution in [-0.2, 0) is 11.3 Å². The van der Waals surface area contributed by atoms with Crippen molar-refractivity contribution in [2.24, 2.45) is 0 Å². The van der Waals surface area contributed by atoms with Crippen molar-refractivity contribution in [1.82, 2.24) is 20.6 Å². The molecule has 1 aliphatic heterocycles. The molecule has 3 amide bonds. The summed E-state index contributed by atoms with van der Waals surface area (Å²) in [5, 5.41) is 5.64. The molecule has 2 aromatic rings. The number of carbonyl (C=O) groups is 2. The first-order chi connectivity index (χ1) is 12.1.